The van der Waals surface area contributed by atoms with E-state index in [4.69, 9.17) is 11.6 Å². The van der Waals surface area contributed by atoms with E-state index in [0.29, 0.717) is 10.9 Å². The molecule has 2 aliphatic rings. The van der Waals surface area contributed by atoms with E-state index in [1.165, 1.54) is 25.3 Å². The van der Waals surface area contributed by atoms with Crippen LogP contribution in [0.5, 0.6) is 0 Å². The number of rotatable bonds is 3. The van der Waals surface area contributed by atoms with Gasteiger partial charge in [-0.15, -0.1) is 24.8 Å². The first-order chi connectivity index (χ1) is 9.25. The Hall–Kier alpha value is -0.0600. The minimum absolute atomic E-state index is 0. The molecule has 0 bridgehead atoms. The highest BCUT2D eigenvalue weighted by Gasteiger charge is 2.34. The molecular weight excluding hydrogens is 334 g/mol. The SMILES string of the molecule is Cl.Cl.Fc1cc(Cl)ccc1[C@H](C1CCC1)N1CCNCC1. The standard InChI is InChI=1S/C15H20ClFN2.2ClH/c16-12-4-5-13(14(17)10-12)15(11-2-1-3-11)19-8-6-18-7-9-19;;/h4-5,10-11,15,18H,1-3,6-9H2;2*1H/t15-;;/m0../s1. The summed E-state index contributed by atoms with van der Waals surface area (Å²) in [6.07, 6.45) is 3.72. The highest BCUT2D eigenvalue weighted by atomic mass is 35.5. The van der Waals surface area contributed by atoms with Crippen molar-refractivity contribution in [3.63, 3.8) is 0 Å². The molecule has 1 aliphatic carbocycles. The molecule has 1 saturated carbocycles. The van der Waals surface area contributed by atoms with Gasteiger partial charge in [-0.1, -0.05) is 24.1 Å². The monoisotopic (exact) mass is 354 g/mol. The van der Waals surface area contributed by atoms with Crippen LogP contribution in [0.1, 0.15) is 30.9 Å². The third-order valence-electron chi connectivity index (χ3n) is 4.42. The highest BCUT2D eigenvalue weighted by Crippen LogP contribution is 2.42. The Balaban J connectivity index is 0.00000110. The summed E-state index contributed by atoms with van der Waals surface area (Å²) in [5.74, 6) is 0.455. The summed E-state index contributed by atoms with van der Waals surface area (Å²) >= 11 is 5.87. The van der Waals surface area contributed by atoms with Crippen molar-refractivity contribution in [2.75, 3.05) is 26.2 Å². The molecule has 0 spiro atoms. The third kappa shape index (κ3) is 4.23. The molecule has 2 nitrogen and oxygen atoms in total. The average molecular weight is 356 g/mol. The first-order valence-corrected chi connectivity index (χ1v) is 7.53. The van der Waals surface area contributed by atoms with E-state index in [-0.39, 0.29) is 36.7 Å². The predicted molar refractivity (Wildman–Crippen MR) is 90.4 cm³/mol. The molecule has 21 heavy (non-hydrogen) atoms. The van der Waals surface area contributed by atoms with E-state index in [0.717, 1.165) is 31.7 Å². The molecule has 2 fully saturated rings. The summed E-state index contributed by atoms with van der Waals surface area (Å²) in [7, 11) is 0. The van der Waals surface area contributed by atoms with Crippen LogP contribution in [0.15, 0.2) is 18.2 Å². The number of hydrogen-bond acceptors (Lipinski definition) is 2. The Morgan fingerprint density at radius 1 is 1.19 bits per heavy atom. The molecule has 6 heteroatoms. The summed E-state index contributed by atoms with van der Waals surface area (Å²) in [5, 5.41) is 3.84. The second-order valence-corrected chi connectivity index (χ2v) is 6.02. The van der Waals surface area contributed by atoms with Crippen LogP contribution < -0.4 is 5.32 Å². The van der Waals surface area contributed by atoms with Crippen LogP contribution in [0.4, 0.5) is 4.39 Å². The number of hydrogen-bond donors (Lipinski definition) is 1. The van der Waals surface area contributed by atoms with Crippen molar-refractivity contribution in [2.45, 2.75) is 25.3 Å². The topological polar surface area (TPSA) is 15.3 Å². The molecule has 0 radical (unpaired) electrons. The van der Waals surface area contributed by atoms with Gasteiger partial charge >= 0.3 is 0 Å². The Morgan fingerprint density at radius 3 is 2.38 bits per heavy atom. The molecule has 1 N–H and O–H groups in total. The molecular formula is C15H22Cl3FN2. The molecule has 0 amide bonds. The smallest absolute Gasteiger partial charge is 0.129 e. The lowest BCUT2D eigenvalue weighted by atomic mass is 9.76. The number of nitrogens with zero attached hydrogens (tertiary/aromatic N) is 1. The maximum atomic E-state index is 14.2. The van der Waals surface area contributed by atoms with Crippen molar-refractivity contribution in [1.29, 1.82) is 0 Å². The van der Waals surface area contributed by atoms with Gasteiger partial charge in [-0.2, -0.15) is 0 Å². The summed E-state index contributed by atoms with van der Waals surface area (Å²) in [5.41, 5.74) is 0.830. The fourth-order valence-corrected chi connectivity index (χ4v) is 3.36. The Morgan fingerprint density at radius 2 is 1.86 bits per heavy atom. The van der Waals surface area contributed by atoms with Gasteiger partial charge in [0, 0.05) is 42.8 Å². The second kappa shape index (κ2) is 8.54. The summed E-state index contributed by atoms with van der Waals surface area (Å²) in [6.45, 7) is 4.00. The number of halogens is 4. The molecule has 0 aromatic heterocycles. The maximum absolute atomic E-state index is 14.2. The number of piperazine rings is 1. The Bertz CT molecular complexity index is 449. The first-order valence-electron chi connectivity index (χ1n) is 7.15. The van der Waals surface area contributed by atoms with Crippen LogP contribution in [0.25, 0.3) is 0 Å². The minimum Gasteiger partial charge on any atom is -0.314 e. The highest BCUT2D eigenvalue weighted by molar-refractivity contribution is 6.30. The van der Waals surface area contributed by atoms with Crippen LogP contribution >= 0.6 is 36.4 Å². The quantitative estimate of drug-likeness (QED) is 0.879. The number of nitrogens with one attached hydrogen (secondary N) is 1. The van der Waals surface area contributed by atoms with Crippen molar-refractivity contribution in [2.24, 2.45) is 5.92 Å². The zero-order valence-electron chi connectivity index (χ0n) is 11.9. The molecule has 120 valence electrons. The van der Waals surface area contributed by atoms with Gasteiger partial charge in [-0.25, -0.2) is 4.39 Å². The summed E-state index contributed by atoms with van der Waals surface area (Å²) < 4.78 is 14.2. The molecule has 3 rings (SSSR count). The maximum Gasteiger partial charge on any atom is 0.129 e. The van der Waals surface area contributed by atoms with Gasteiger partial charge in [0.2, 0.25) is 0 Å². The molecule has 0 unspecified atom stereocenters. The van der Waals surface area contributed by atoms with E-state index in [9.17, 15) is 4.39 Å². The average Bonchev–Trinajstić information content (AvgIpc) is 2.35. The van der Waals surface area contributed by atoms with Crippen LogP contribution in [0, 0.1) is 11.7 Å². The van der Waals surface area contributed by atoms with Gasteiger partial charge in [-0.05, 0) is 30.9 Å². The zero-order valence-corrected chi connectivity index (χ0v) is 14.2. The fraction of sp³-hybridized carbons (Fsp3) is 0.600. The fourth-order valence-electron chi connectivity index (χ4n) is 3.21. The van der Waals surface area contributed by atoms with E-state index >= 15 is 0 Å². The lowest BCUT2D eigenvalue weighted by Crippen LogP contribution is -2.48. The van der Waals surface area contributed by atoms with E-state index < -0.39 is 0 Å². The van der Waals surface area contributed by atoms with Gasteiger partial charge in [0.05, 0.1) is 0 Å². The normalized spacial score (nSPS) is 20.9. The van der Waals surface area contributed by atoms with Crippen molar-refractivity contribution < 1.29 is 4.39 Å². The van der Waals surface area contributed by atoms with Crippen molar-refractivity contribution in [1.82, 2.24) is 10.2 Å². The molecule has 1 saturated heterocycles. The second-order valence-electron chi connectivity index (χ2n) is 5.59. The van der Waals surface area contributed by atoms with Gasteiger partial charge < -0.3 is 5.32 Å². The Kier molecular flexibility index (Phi) is 7.72. The summed E-state index contributed by atoms with van der Waals surface area (Å²) in [4.78, 5) is 2.44. The lowest BCUT2D eigenvalue weighted by molar-refractivity contribution is 0.0812. The molecule has 1 atom stereocenters. The predicted octanol–water partition coefficient (Wildman–Crippen LogP) is 4.07. The molecule has 1 aromatic carbocycles. The van der Waals surface area contributed by atoms with Crippen molar-refractivity contribution in [3.05, 3.63) is 34.6 Å². The van der Waals surface area contributed by atoms with E-state index in [2.05, 4.69) is 10.2 Å². The minimum atomic E-state index is -0.150. The van der Waals surface area contributed by atoms with Crippen molar-refractivity contribution in [3.8, 4) is 0 Å². The van der Waals surface area contributed by atoms with Crippen LogP contribution in [0.2, 0.25) is 5.02 Å². The molecule has 1 aliphatic heterocycles. The van der Waals surface area contributed by atoms with Gasteiger partial charge in [0.25, 0.3) is 0 Å². The summed E-state index contributed by atoms with van der Waals surface area (Å²) in [6, 6.07) is 5.37. The third-order valence-corrected chi connectivity index (χ3v) is 4.66. The number of benzene rings is 1. The molecule has 1 heterocycles. The van der Waals surface area contributed by atoms with Gasteiger partial charge in [0.1, 0.15) is 5.82 Å². The molecule has 1 aromatic rings. The van der Waals surface area contributed by atoms with E-state index in [1.807, 2.05) is 12.1 Å². The van der Waals surface area contributed by atoms with Gasteiger partial charge in [0.15, 0.2) is 0 Å². The van der Waals surface area contributed by atoms with Gasteiger partial charge in [-0.3, -0.25) is 4.90 Å². The van der Waals surface area contributed by atoms with Crippen LogP contribution in [-0.2, 0) is 0 Å². The first kappa shape index (κ1) is 19.0. The van der Waals surface area contributed by atoms with Crippen LogP contribution in [0.3, 0.4) is 0 Å². The van der Waals surface area contributed by atoms with E-state index in [1.54, 1.807) is 0 Å². The van der Waals surface area contributed by atoms with Crippen molar-refractivity contribution >= 4 is 36.4 Å². The van der Waals surface area contributed by atoms with Crippen LogP contribution in [-0.4, -0.2) is 31.1 Å². The lowest BCUT2D eigenvalue weighted by Gasteiger charge is -2.43. The Labute approximate surface area is 143 Å². The largest absolute Gasteiger partial charge is 0.314 e. The zero-order chi connectivity index (χ0) is 13.2.